The van der Waals surface area contributed by atoms with E-state index in [2.05, 4.69) is 30.8 Å². The quantitative estimate of drug-likeness (QED) is 0.743. The molecule has 1 aliphatic heterocycles. The Morgan fingerprint density at radius 2 is 2.06 bits per heavy atom. The van der Waals surface area contributed by atoms with E-state index < -0.39 is 0 Å². The molecule has 1 nitrogen and oxygen atoms in total. The van der Waals surface area contributed by atoms with Crippen molar-refractivity contribution in [1.29, 1.82) is 0 Å². The lowest BCUT2D eigenvalue weighted by atomic mass is 10.0. The van der Waals surface area contributed by atoms with Gasteiger partial charge >= 0.3 is 0 Å². The van der Waals surface area contributed by atoms with Crippen LogP contribution in [0.25, 0.3) is 6.08 Å². The molecule has 0 N–H and O–H groups in total. The monoisotopic (exact) mass is 216 g/mol. The van der Waals surface area contributed by atoms with Gasteiger partial charge in [0, 0.05) is 6.61 Å². The molecule has 1 heterocycles. The highest BCUT2D eigenvalue weighted by atomic mass is 16.5. The maximum atomic E-state index is 5.73. The molecule has 1 fully saturated rings. The molecule has 1 aromatic rings. The molecule has 86 valence electrons. The van der Waals surface area contributed by atoms with E-state index in [-0.39, 0.29) is 0 Å². The van der Waals surface area contributed by atoms with Gasteiger partial charge in [-0.1, -0.05) is 36.9 Å². The number of rotatable bonds is 4. The molecular weight excluding hydrogens is 196 g/mol. The normalized spacial score (nSPS) is 20.6. The largest absolute Gasteiger partial charge is 0.378 e. The fourth-order valence-electron chi connectivity index (χ4n) is 2.18. The molecule has 0 radical (unpaired) electrons. The lowest BCUT2D eigenvalue weighted by molar-refractivity contribution is 0.0115. The average Bonchev–Trinajstić information content (AvgIpc) is 2.38. The smallest absolute Gasteiger partial charge is 0.0578 e. The Kier molecular flexibility index (Phi) is 4.17. The van der Waals surface area contributed by atoms with Gasteiger partial charge in [0.05, 0.1) is 6.10 Å². The average molecular weight is 216 g/mol. The number of ether oxygens (including phenoxy) is 1. The van der Waals surface area contributed by atoms with Gasteiger partial charge in [0.15, 0.2) is 0 Å². The summed E-state index contributed by atoms with van der Waals surface area (Å²) in [6.07, 6.45) is 8.48. The summed E-state index contributed by atoms with van der Waals surface area (Å²) in [6.45, 7) is 4.72. The first-order valence-corrected chi connectivity index (χ1v) is 6.21. The van der Waals surface area contributed by atoms with E-state index in [0.717, 1.165) is 19.4 Å². The molecule has 0 aromatic heterocycles. The van der Waals surface area contributed by atoms with E-state index >= 15 is 0 Å². The van der Waals surface area contributed by atoms with Crippen LogP contribution in [0.2, 0.25) is 0 Å². The summed E-state index contributed by atoms with van der Waals surface area (Å²) in [5.74, 6) is 0. The third-order valence-corrected chi connectivity index (χ3v) is 3.24. The molecule has 16 heavy (non-hydrogen) atoms. The van der Waals surface area contributed by atoms with Crippen LogP contribution in [0.4, 0.5) is 0 Å². The molecule has 1 saturated heterocycles. The molecular formula is C15H20O. The second-order valence-corrected chi connectivity index (χ2v) is 4.47. The zero-order chi connectivity index (χ0) is 11.2. The summed E-state index contributed by atoms with van der Waals surface area (Å²) in [5.41, 5.74) is 2.59. The van der Waals surface area contributed by atoms with Gasteiger partial charge in [0.1, 0.15) is 0 Å². The fourth-order valence-corrected chi connectivity index (χ4v) is 2.18. The molecule has 1 aliphatic rings. The van der Waals surface area contributed by atoms with Crippen molar-refractivity contribution in [2.45, 2.75) is 38.2 Å². The fraction of sp³-hybridized carbons (Fsp3) is 0.467. The molecule has 0 saturated carbocycles. The Bertz CT molecular complexity index is 320. The van der Waals surface area contributed by atoms with Crippen molar-refractivity contribution in [3.8, 4) is 0 Å². The predicted molar refractivity (Wildman–Crippen MR) is 68.4 cm³/mol. The standard InChI is InChI=1S/C15H20O/c1-2-13-6-8-14(9-7-13)10-11-15-5-3-4-12-16-15/h2,6-9,15H,1,3-5,10-12H2/t15-/m0/s1. The van der Waals surface area contributed by atoms with E-state index in [4.69, 9.17) is 4.74 Å². The van der Waals surface area contributed by atoms with Crippen LogP contribution in [0, 0.1) is 0 Å². The van der Waals surface area contributed by atoms with Crippen molar-refractivity contribution in [3.63, 3.8) is 0 Å². The van der Waals surface area contributed by atoms with E-state index in [1.165, 1.54) is 30.4 Å². The van der Waals surface area contributed by atoms with Crippen molar-refractivity contribution < 1.29 is 4.74 Å². The summed E-state index contributed by atoms with van der Waals surface area (Å²) in [5, 5.41) is 0. The highest BCUT2D eigenvalue weighted by Crippen LogP contribution is 2.18. The van der Waals surface area contributed by atoms with Gasteiger partial charge in [-0.3, -0.25) is 0 Å². The van der Waals surface area contributed by atoms with Gasteiger partial charge in [-0.2, -0.15) is 0 Å². The van der Waals surface area contributed by atoms with Crippen molar-refractivity contribution >= 4 is 6.08 Å². The van der Waals surface area contributed by atoms with Crippen molar-refractivity contribution in [2.24, 2.45) is 0 Å². The summed E-state index contributed by atoms with van der Waals surface area (Å²) in [4.78, 5) is 0. The highest BCUT2D eigenvalue weighted by Gasteiger charge is 2.13. The molecule has 1 heteroatoms. The molecule has 1 aromatic carbocycles. The first-order chi connectivity index (χ1) is 7.88. The molecule has 2 rings (SSSR count). The van der Waals surface area contributed by atoms with E-state index in [1.54, 1.807) is 0 Å². The van der Waals surface area contributed by atoms with Crippen LogP contribution in [0.15, 0.2) is 30.8 Å². The van der Waals surface area contributed by atoms with Gasteiger partial charge in [-0.05, 0) is 43.2 Å². The van der Waals surface area contributed by atoms with Gasteiger partial charge in [0.25, 0.3) is 0 Å². The van der Waals surface area contributed by atoms with E-state index in [1.807, 2.05) is 6.08 Å². The van der Waals surface area contributed by atoms with E-state index in [0.29, 0.717) is 6.10 Å². The second-order valence-electron chi connectivity index (χ2n) is 4.47. The third-order valence-electron chi connectivity index (χ3n) is 3.24. The van der Waals surface area contributed by atoms with E-state index in [9.17, 15) is 0 Å². The Hall–Kier alpha value is -1.08. The Morgan fingerprint density at radius 1 is 1.25 bits per heavy atom. The lowest BCUT2D eigenvalue weighted by Gasteiger charge is -2.22. The summed E-state index contributed by atoms with van der Waals surface area (Å²) < 4.78 is 5.73. The van der Waals surface area contributed by atoms with Crippen LogP contribution in [-0.4, -0.2) is 12.7 Å². The van der Waals surface area contributed by atoms with Crippen molar-refractivity contribution in [2.75, 3.05) is 6.61 Å². The first kappa shape index (κ1) is 11.4. The number of aryl methyl sites for hydroxylation is 1. The molecule has 0 amide bonds. The minimum atomic E-state index is 0.493. The minimum Gasteiger partial charge on any atom is -0.378 e. The van der Waals surface area contributed by atoms with Gasteiger partial charge in [-0.25, -0.2) is 0 Å². The van der Waals surface area contributed by atoms with Crippen molar-refractivity contribution in [1.82, 2.24) is 0 Å². The topological polar surface area (TPSA) is 9.23 Å². The summed E-state index contributed by atoms with van der Waals surface area (Å²) in [6, 6.07) is 8.65. The molecule has 1 atom stereocenters. The predicted octanol–water partition coefficient (Wildman–Crippen LogP) is 3.83. The minimum absolute atomic E-state index is 0.493. The Labute approximate surface area is 98.1 Å². The van der Waals surface area contributed by atoms with Crippen LogP contribution in [0.3, 0.4) is 0 Å². The molecule has 0 bridgehead atoms. The molecule has 0 aliphatic carbocycles. The zero-order valence-corrected chi connectivity index (χ0v) is 9.82. The Balaban J connectivity index is 1.81. The highest BCUT2D eigenvalue weighted by molar-refractivity contribution is 5.47. The van der Waals surface area contributed by atoms with Crippen LogP contribution in [0.5, 0.6) is 0 Å². The molecule has 0 unspecified atom stereocenters. The SMILES string of the molecule is C=Cc1ccc(CC[C@@H]2CCCCO2)cc1. The van der Waals surface area contributed by atoms with Crippen LogP contribution >= 0.6 is 0 Å². The first-order valence-electron chi connectivity index (χ1n) is 6.21. The number of hydrogen-bond donors (Lipinski definition) is 0. The third kappa shape index (κ3) is 3.21. The van der Waals surface area contributed by atoms with Crippen LogP contribution in [-0.2, 0) is 11.2 Å². The van der Waals surface area contributed by atoms with Crippen LogP contribution in [0.1, 0.15) is 36.8 Å². The van der Waals surface area contributed by atoms with Crippen molar-refractivity contribution in [3.05, 3.63) is 42.0 Å². The van der Waals surface area contributed by atoms with Crippen LogP contribution < -0.4 is 0 Å². The Morgan fingerprint density at radius 3 is 2.69 bits per heavy atom. The maximum absolute atomic E-state index is 5.73. The number of benzene rings is 1. The van der Waals surface area contributed by atoms with Gasteiger partial charge in [-0.15, -0.1) is 0 Å². The lowest BCUT2D eigenvalue weighted by Crippen LogP contribution is -2.19. The molecule has 0 spiro atoms. The summed E-state index contributed by atoms with van der Waals surface area (Å²) in [7, 11) is 0. The maximum Gasteiger partial charge on any atom is 0.0578 e. The number of hydrogen-bond acceptors (Lipinski definition) is 1. The summed E-state index contributed by atoms with van der Waals surface area (Å²) >= 11 is 0. The second kappa shape index (κ2) is 5.86. The van der Waals surface area contributed by atoms with Gasteiger partial charge in [0.2, 0.25) is 0 Å². The zero-order valence-electron chi connectivity index (χ0n) is 9.82. The van der Waals surface area contributed by atoms with Gasteiger partial charge < -0.3 is 4.74 Å².